The molecule has 3 N–H and O–H groups in total. The predicted molar refractivity (Wildman–Crippen MR) is 58.0 cm³/mol. The van der Waals surface area contributed by atoms with Crippen LogP contribution in [0.1, 0.15) is 11.8 Å². The minimum atomic E-state index is -3.76. The molecule has 0 aliphatic carbocycles. The maximum atomic E-state index is 13.8. The van der Waals surface area contributed by atoms with Gasteiger partial charge in [-0.15, -0.1) is 0 Å². The molecule has 0 aromatic carbocycles. The summed E-state index contributed by atoms with van der Waals surface area (Å²) in [5.74, 6) is -3.76. The molecule has 9 heteroatoms. The summed E-state index contributed by atoms with van der Waals surface area (Å²) in [5, 5.41) is 18.2. The molecule has 2 heterocycles. The average molecular weight is 278 g/mol. The Morgan fingerprint density at radius 1 is 1.53 bits per heavy atom. The van der Waals surface area contributed by atoms with Crippen LogP contribution in [0.3, 0.4) is 0 Å². The fourth-order valence-corrected chi connectivity index (χ4v) is 1.88. The van der Waals surface area contributed by atoms with Gasteiger partial charge in [0.2, 0.25) is 6.23 Å². The molecule has 0 unspecified atom stereocenters. The van der Waals surface area contributed by atoms with Crippen LogP contribution < -0.4 is 11.2 Å². The lowest BCUT2D eigenvalue weighted by Gasteiger charge is -2.21. The monoisotopic (exact) mass is 278 g/mol. The van der Waals surface area contributed by atoms with E-state index < -0.39 is 42.2 Å². The fraction of sp³-hybridized carbons (Fsp3) is 0.600. The van der Waals surface area contributed by atoms with Gasteiger partial charge >= 0.3 is 11.6 Å². The Labute approximate surface area is 105 Å². The highest BCUT2D eigenvalue weighted by Crippen LogP contribution is 2.41. The Hall–Kier alpha value is -1.58. The third-order valence-corrected chi connectivity index (χ3v) is 2.96. The molecule has 3 atom stereocenters. The lowest BCUT2D eigenvalue weighted by atomic mass is 10.1. The van der Waals surface area contributed by atoms with Crippen LogP contribution in [0.4, 0.5) is 8.78 Å². The second-order valence-electron chi connectivity index (χ2n) is 4.31. The highest BCUT2D eigenvalue weighted by atomic mass is 19.3. The molecule has 0 saturated carbocycles. The first-order valence-corrected chi connectivity index (χ1v) is 5.43. The van der Waals surface area contributed by atoms with Crippen LogP contribution in [-0.4, -0.2) is 44.5 Å². The van der Waals surface area contributed by atoms with Crippen molar-refractivity contribution in [2.75, 3.05) is 6.61 Å². The van der Waals surface area contributed by atoms with E-state index >= 15 is 0 Å². The van der Waals surface area contributed by atoms with Gasteiger partial charge in [0.05, 0.1) is 6.61 Å². The summed E-state index contributed by atoms with van der Waals surface area (Å²) in [4.78, 5) is 24.5. The van der Waals surface area contributed by atoms with Gasteiger partial charge in [-0.3, -0.25) is 14.3 Å². The van der Waals surface area contributed by atoms with Gasteiger partial charge in [0.1, 0.15) is 6.10 Å². The summed E-state index contributed by atoms with van der Waals surface area (Å²) >= 11 is 0. The molecule has 0 spiro atoms. The van der Waals surface area contributed by atoms with Crippen molar-refractivity contribution in [1.29, 1.82) is 0 Å². The minimum Gasteiger partial charge on any atom is -0.394 e. The molecule has 0 radical (unpaired) electrons. The molecule has 1 saturated heterocycles. The first kappa shape index (κ1) is 13.8. The second-order valence-corrected chi connectivity index (χ2v) is 4.31. The number of rotatable bonds is 2. The van der Waals surface area contributed by atoms with Crippen LogP contribution >= 0.6 is 0 Å². The smallest absolute Gasteiger partial charge is 0.330 e. The van der Waals surface area contributed by atoms with Crippen LogP contribution in [0, 0.1) is 6.92 Å². The van der Waals surface area contributed by atoms with Crippen molar-refractivity contribution in [3.63, 3.8) is 0 Å². The summed E-state index contributed by atoms with van der Waals surface area (Å²) in [6.07, 6.45) is -4.89. The highest BCUT2D eigenvalue weighted by molar-refractivity contribution is 5.04. The number of alkyl halides is 2. The Bertz CT molecular complexity index is 596. The Morgan fingerprint density at radius 3 is 2.68 bits per heavy atom. The van der Waals surface area contributed by atoms with Crippen molar-refractivity contribution in [2.45, 2.75) is 31.3 Å². The maximum Gasteiger partial charge on any atom is 0.330 e. The van der Waals surface area contributed by atoms with E-state index in [1.165, 1.54) is 6.92 Å². The van der Waals surface area contributed by atoms with Crippen molar-refractivity contribution in [3.8, 4) is 0 Å². The largest absolute Gasteiger partial charge is 0.394 e. The second kappa shape index (κ2) is 4.51. The molecule has 0 bridgehead atoms. The van der Waals surface area contributed by atoms with E-state index in [0.717, 1.165) is 6.20 Å². The summed E-state index contributed by atoms with van der Waals surface area (Å²) in [5.41, 5.74) is -1.73. The molecule has 1 aromatic rings. The van der Waals surface area contributed by atoms with Crippen LogP contribution in [0.2, 0.25) is 0 Å². The summed E-state index contributed by atoms with van der Waals surface area (Å²) < 4.78 is 32.9. The molecule has 0 amide bonds. The molecule has 1 aliphatic heterocycles. The summed E-state index contributed by atoms with van der Waals surface area (Å²) in [6.45, 7) is 0.520. The minimum absolute atomic E-state index is 0.0425. The number of aliphatic hydroxyl groups is 2. The van der Waals surface area contributed by atoms with Crippen molar-refractivity contribution in [3.05, 3.63) is 32.6 Å². The number of ether oxygens (including phenoxy) is 1. The number of aryl methyl sites for hydroxylation is 1. The molecule has 1 aliphatic rings. The van der Waals surface area contributed by atoms with Gasteiger partial charge in [-0.25, -0.2) is 4.79 Å². The number of nitrogens with zero attached hydrogens (tertiary/aromatic N) is 1. The van der Waals surface area contributed by atoms with Gasteiger partial charge in [-0.2, -0.15) is 8.78 Å². The number of H-pyrrole nitrogens is 1. The first-order chi connectivity index (χ1) is 8.78. The van der Waals surface area contributed by atoms with Crippen molar-refractivity contribution < 1.29 is 23.7 Å². The zero-order chi connectivity index (χ0) is 14.4. The first-order valence-electron chi connectivity index (χ1n) is 5.43. The third-order valence-electron chi connectivity index (χ3n) is 2.96. The van der Waals surface area contributed by atoms with Crippen molar-refractivity contribution in [1.82, 2.24) is 9.55 Å². The number of halogens is 2. The lowest BCUT2D eigenvalue weighted by Crippen LogP contribution is -2.43. The highest BCUT2D eigenvalue weighted by Gasteiger charge is 2.59. The molecule has 19 heavy (non-hydrogen) atoms. The van der Waals surface area contributed by atoms with Gasteiger partial charge in [-0.05, 0) is 6.92 Å². The van der Waals surface area contributed by atoms with Crippen molar-refractivity contribution in [2.24, 2.45) is 0 Å². The number of hydrogen-bond acceptors (Lipinski definition) is 5. The zero-order valence-corrected chi connectivity index (χ0v) is 9.84. The molecule has 1 fully saturated rings. The maximum absolute atomic E-state index is 13.8. The Morgan fingerprint density at radius 2 is 2.16 bits per heavy atom. The quantitative estimate of drug-likeness (QED) is 0.625. The molecule has 7 nitrogen and oxygen atoms in total. The number of hydrogen-bond donors (Lipinski definition) is 3. The number of aromatic nitrogens is 2. The number of nitrogens with one attached hydrogen (secondary N) is 1. The van der Waals surface area contributed by atoms with Gasteiger partial charge in [0.25, 0.3) is 5.56 Å². The SMILES string of the molecule is Cc1cn([C@@H]2O[C@@H](CO)[C@H](O)C2(F)F)c(=O)[nH]c1=O. The van der Waals surface area contributed by atoms with E-state index in [1.54, 1.807) is 0 Å². The predicted octanol–water partition coefficient (Wildman–Crippen LogP) is -1.27. The summed E-state index contributed by atoms with van der Waals surface area (Å²) in [7, 11) is 0. The van der Waals surface area contributed by atoms with E-state index in [4.69, 9.17) is 9.84 Å². The van der Waals surface area contributed by atoms with Crippen LogP contribution in [0.15, 0.2) is 15.8 Å². The average Bonchev–Trinajstić information content (AvgIpc) is 2.56. The molecule has 1 aromatic heterocycles. The summed E-state index contributed by atoms with van der Waals surface area (Å²) in [6, 6.07) is 0. The molecule has 106 valence electrons. The van der Waals surface area contributed by atoms with Crippen molar-refractivity contribution >= 4 is 0 Å². The fourth-order valence-electron chi connectivity index (χ4n) is 1.88. The van der Waals surface area contributed by atoms with Crippen LogP contribution in [-0.2, 0) is 4.74 Å². The lowest BCUT2D eigenvalue weighted by molar-refractivity contribution is -0.141. The third kappa shape index (κ3) is 2.09. The van der Waals surface area contributed by atoms with Gasteiger partial charge in [0.15, 0.2) is 6.10 Å². The van der Waals surface area contributed by atoms with E-state index in [1.807, 2.05) is 4.98 Å². The van der Waals surface area contributed by atoms with E-state index in [0.29, 0.717) is 4.57 Å². The Kier molecular flexibility index (Phi) is 3.29. The Balaban J connectivity index is 2.51. The topological polar surface area (TPSA) is 105 Å². The van der Waals surface area contributed by atoms with E-state index in [9.17, 15) is 23.5 Å². The molecule has 2 rings (SSSR count). The number of aromatic amines is 1. The molecular weight excluding hydrogens is 266 g/mol. The van der Waals surface area contributed by atoms with Gasteiger partial charge < -0.3 is 14.9 Å². The van der Waals surface area contributed by atoms with Crippen LogP contribution in [0.5, 0.6) is 0 Å². The van der Waals surface area contributed by atoms with Gasteiger partial charge in [0, 0.05) is 11.8 Å². The normalized spacial score (nSPS) is 29.6. The number of aliphatic hydroxyl groups excluding tert-OH is 2. The molecular formula is C10H12F2N2O5. The van der Waals surface area contributed by atoms with E-state index in [2.05, 4.69) is 0 Å². The standard InChI is InChI=1S/C10H12F2N2O5/c1-4-2-14(9(18)13-7(4)17)8-10(11,12)6(16)5(3-15)19-8/h2,5-6,8,15-16H,3H2,1H3,(H,13,17,18)/t5-,6-,8+/m0/s1. The zero-order valence-electron chi connectivity index (χ0n) is 9.84. The van der Waals surface area contributed by atoms with Crippen LogP contribution in [0.25, 0.3) is 0 Å². The van der Waals surface area contributed by atoms with Gasteiger partial charge in [-0.1, -0.05) is 0 Å². The van der Waals surface area contributed by atoms with E-state index in [-0.39, 0.29) is 5.56 Å².